The Morgan fingerprint density at radius 2 is 1.56 bits per heavy atom. The molecule has 2 aromatic carbocycles. The van der Waals surface area contributed by atoms with Gasteiger partial charge in [0.1, 0.15) is 0 Å². The molecule has 2 rings (SSSR count). The highest BCUT2D eigenvalue weighted by Crippen LogP contribution is 2.16. The largest absolute Gasteiger partial charge is 0.454 e. The van der Waals surface area contributed by atoms with Crippen molar-refractivity contribution in [2.75, 3.05) is 11.9 Å². The second-order valence-electron chi connectivity index (χ2n) is 6.65. The molecule has 0 aliphatic carbocycles. The molecular formula is C20H21NO4. The molecule has 5 nitrogen and oxygen atoms in total. The Morgan fingerprint density at radius 1 is 0.920 bits per heavy atom. The van der Waals surface area contributed by atoms with Gasteiger partial charge in [0.2, 0.25) is 0 Å². The molecule has 0 atom stereocenters. The molecule has 2 aromatic rings. The summed E-state index contributed by atoms with van der Waals surface area (Å²) in [4.78, 5) is 36.1. The molecule has 0 aromatic heterocycles. The summed E-state index contributed by atoms with van der Waals surface area (Å²) in [5.41, 5.74) is 0.704. The maximum Gasteiger partial charge on any atom is 0.338 e. The van der Waals surface area contributed by atoms with E-state index in [0.717, 1.165) is 0 Å². The summed E-state index contributed by atoms with van der Waals surface area (Å²) < 4.78 is 5.06. The lowest BCUT2D eigenvalue weighted by Gasteiger charge is -2.16. The van der Waals surface area contributed by atoms with E-state index in [4.69, 9.17) is 4.74 Å². The molecule has 0 unspecified atom stereocenters. The van der Waals surface area contributed by atoms with Crippen molar-refractivity contribution in [2.24, 2.45) is 5.41 Å². The van der Waals surface area contributed by atoms with Gasteiger partial charge in [-0.05, 0) is 30.3 Å². The summed E-state index contributed by atoms with van der Waals surface area (Å²) in [5.74, 6) is -1.03. The number of anilines is 1. The van der Waals surface area contributed by atoms with Crippen LogP contribution in [0.15, 0.2) is 54.6 Å². The van der Waals surface area contributed by atoms with E-state index in [1.165, 1.54) is 6.07 Å². The highest BCUT2D eigenvalue weighted by Gasteiger charge is 2.22. The SMILES string of the molecule is CC(C)(C)C(=O)COC(=O)c1cccc(NC(=O)c2ccccc2)c1. The molecule has 25 heavy (non-hydrogen) atoms. The molecule has 1 amide bonds. The van der Waals surface area contributed by atoms with Crippen LogP contribution in [0.2, 0.25) is 0 Å². The van der Waals surface area contributed by atoms with Crippen LogP contribution in [0.1, 0.15) is 41.5 Å². The predicted molar refractivity (Wildman–Crippen MR) is 95.6 cm³/mol. The molecule has 0 heterocycles. The quantitative estimate of drug-likeness (QED) is 0.843. The number of carbonyl (C=O) groups is 3. The fourth-order valence-corrected chi connectivity index (χ4v) is 1.95. The molecule has 5 heteroatoms. The number of benzene rings is 2. The van der Waals surface area contributed by atoms with Crippen molar-refractivity contribution in [1.82, 2.24) is 0 Å². The van der Waals surface area contributed by atoms with E-state index in [1.54, 1.807) is 63.2 Å². The molecule has 130 valence electrons. The van der Waals surface area contributed by atoms with Crippen LogP contribution in [-0.2, 0) is 9.53 Å². The van der Waals surface area contributed by atoms with Gasteiger partial charge in [-0.3, -0.25) is 9.59 Å². The minimum absolute atomic E-state index is 0.158. The Kier molecular flexibility index (Phi) is 5.70. The normalized spacial score (nSPS) is 10.8. The van der Waals surface area contributed by atoms with Crippen LogP contribution in [-0.4, -0.2) is 24.3 Å². The molecule has 0 spiro atoms. The summed E-state index contributed by atoms with van der Waals surface area (Å²) in [6.45, 7) is 5.03. The van der Waals surface area contributed by atoms with E-state index in [1.807, 2.05) is 6.07 Å². The van der Waals surface area contributed by atoms with Crippen LogP contribution in [0.4, 0.5) is 5.69 Å². The molecular weight excluding hydrogens is 318 g/mol. The van der Waals surface area contributed by atoms with E-state index in [-0.39, 0.29) is 23.9 Å². The van der Waals surface area contributed by atoms with Crippen molar-refractivity contribution < 1.29 is 19.1 Å². The molecule has 0 aliphatic rings. The van der Waals surface area contributed by atoms with Gasteiger partial charge >= 0.3 is 5.97 Å². The Hall–Kier alpha value is -2.95. The smallest absolute Gasteiger partial charge is 0.338 e. The van der Waals surface area contributed by atoms with Gasteiger partial charge in [-0.1, -0.05) is 45.0 Å². The summed E-state index contributed by atoms with van der Waals surface area (Å²) in [7, 11) is 0. The average Bonchev–Trinajstić information content (AvgIpc) is 2.59. The topological polar surface area (TPSA) is 72.5 Å². The van der Waals surface area contributed by atoms with Gasteiger partial charge in [0.25, 0.3) is 5.91 Å². The van der Waals surface area contributed by atoms with E-state index >= 15 is 0 Å². The first-order valence-electron chi connectivity index (χ1n) is 7.94. The lowest BCUT2D eigenvalue weighted by Crippen LogP contribution is -2.26. The van der Waals surface area contributed by atoms with Gasteiger partial charge in [0.05, 0.1) is 5.56 Å². The number of rotatable bonds is 5. The van der Waals surface area contributed by atoms with Crippen molar-refractivity contribution >= 4 is 23.3 Å². The number of hydrogen-bond acceptors (Lipinski definition) is 4. The van der Waals surface area contributed by atoms with Crippen molar-refractivity contribution in [3.63, 3.8) is 0 Å². The number of carbonyl (C=O) groups excluding carboxylic acids is 3. The van der Waals surface area contributed by atoms with Crippen LogP contribution < -0.4 is 5.32 Å². The lowest BCUT2D eigenvalue weighted by molar-refractivity contribution is -0.129. The zero-order valence-corrected chi connectivity index (χ0v) is 14.5. The van der Waals surface area contributed by atoms with Gasteiger partial charge in [0.15, 0.2) is 12.4 Å². The van der Waals surface area contributed by atoms with Gasteiger partial charge in [-0.25, -0.2) is 4.79 Å². The van der Waals surface area contributed by atoms with Crippen molar-refractivity contribution in [3.05, 3.63) is 65.7 Å². The summed E-state index contributed by atoms with van der Waals surface area (Å²) >= 11 is 0. The molecule has 1 N–H and O–H groups in total. The van der Waals surface area contributed by atoms with Gasteiger partial charge in [-0.2, -0.15) is 0 Å². The summed E-state index contributed by atoms with van der Waals surface area (Å²) in [5, 5.41) is 2.73. The van der Waals surface area contributed by atoms with Crippen molar-refractivity contribution in [2.45, 2.75) is 20.8 Å². The minimum atomic E-state index is -0.603. The summed E-state index contributed by atoms with van der Waals surface area (Å²) in [6.07, 6.45) is 0. The molecule has 0 saturated heterocycles. The highest BCUT2D eigenvalue weighted by atomic mass is 16.5. The number of esters is 1. The Morgan fingerprint density at radius 3 is 2.20 bits per heavy atom. The van der Waals surface area contributed by atoms with E-state index in [9.17, 15) is 14.4 Å². The molecule has 0 saturated carbocycles. The van der Waals surface area contributed by atoms with E-state index < -0.39 is 11.4 Å². The van der Waals surface area contributed by atoms with E-state index in [0.29, 0.717) is 11.3 Å². The van der Waals surface area contributed by atoms with Crippen molar-refractivity contribution in [3.8, 4) is 0 Å². The maximum atomic E-state index is 12.1. The van der Waals surface area contributed by atoms with Crippen LogP contribution in [0.5, 0.6) is 0 Å². The zero-order valence-electron chi connectivity index (χ0n) is 14.5. The summed E-state index contributed by atoms with van der Waals surface area (Å²) in [6, 6.07) is 15.2. The predicted octanol–water partition coefficient (Wildman–Crippen LogP) is 3.71. The van der Waals surface area contributed by atoms with Crippen LogP contribution in [0.25, 0.3) is 0 Å². The monoisotopic (exact) mass is 339 g/mol. The first kappa shape index (κ1) is 18.4. The van der Waals surface area contributed by atoms with Crippen LogP contribution >= 0.6 is 0 Å². The maximum absolute atomic E-state index is 12.1. The standard InChI is InChI=1S/C20H21NO4/c1-20(2,3)17(22)13-25-19(24)15-10-7-11-16(12-15)21-18(23)14-8-5-4-6-9-14/h4-12H,13H2,1-3H3,(H,21,23). The highest BCUT2D eigenvalue weighted by molar-refractivity contribution is 6.04. The number of amides is 1. The lowest BCUT2D eigenvalue weighted by atomic mass is 9.91. The fraction of sp³-hybridized carbons (Fsp3) is 0.250. The Labute approximate surface area is 147 Å². The Bertz CT molecular complexity index is 776. The molecule has 0 aliphatic heterocycles. The fourth-order valence-electron chi connectivity index (χ4n) is 1.95. The number of Topliss-reactive ketones (excluding diaryl/α,β-unsaturated/α-hetero) is 1. The number of nitrogens with one attached hydrogen (secondary N) is 1. The second kappa shape index (κ2) is 7.75. The van der Waals surface area contributed by atoms with Crippen LogP contribution in [0, 0.1) is 5.41 Å². The molecule has 0 radical (unpaired) electrons. The second-order valence-corrected chi connectivity index (χ2v) is 6.65. The van der Waals surface area contributed by atoms with Crippen molar-refractivity contribution in [1.29, 1.82) is 0 Å². The number of hydrogen-bond donors (Lipinski definition) is 1. The molecule has 0 bridgehead atoms. The Balaban J connectivity index is 2.02. The minimum Gasteiger partial charge on any atom is -0.454 e. The van der Waals surface area contributed by atoms with E-state index in [2.05, 4.69) is 5.32 Å². The third kappa shape index (κ3) is 5.28. The van der Waals surface area contributed by atoms with Gasteiger partial charge in [-0.15, -0.1) is 0 Å². The van der Waals surface area contributed by atoms with Gasteiger partial charge in [0, 0.05) is 16.7 Å². The first-order valence-corrected chi connectivity index (χ1v) is 7.94. The number of ketones is 1. The first-order chi connectivity index (χ1) is 11.8. The number of ether oxygens (including phenoxy) is 1. The van der Waals surface area contributed by atoms with Gasteiger partial charge < -0.3 is 10.1 Å². The molecule has 0 fully saturated rings. The van der Waals surface area contributed by atoms with Crippen LogP contribution in [0.3, 0.4) is 0 Å². The average molecular weight is 339 g/mol. The third-order valence-electron chi connectivity index (χ3n) is 3.56. The zero-order chi connectivity index (χ0) is 18.4. The third-order valence-corrected chi connectivity index (χ3v) is 3.56.